The van der Waals surface area contributed by atoms with Crippen LogP contribution in [-0.2, 0) is 19.6 Å². The number of benzene rings is 2. The van der Waals surface area contributed by atoms with Gasteiger partial charge in [-0.3, -0.25) is 19.7 Å². The Labute approximate surface area is 170 Å². The van der Waals surface area contributed by atoms with Crippen LogP contribution < -0.4 is 10.0 Å². The van der Waals surface area contributed by atoms with Gasteiger partial charge in [0.2, 0.25) is 15.9 Å². The Hall–Kier alpha value is -3.02. The van der Waals surface area contributed by atoms with Crippen molar-refractivity contribution in [3.63, 3.8) is 0 Å². The fourth-order valence-corrected chi connectivity index (χ4v) is 3.94. The van der Waals surface area contributed by atoms with Gasteiger partial charge in [0.1, 0.15) is 0 Å². The summed E-state index contributed by atoms with van der Waals surface area (Å²) in [4.78, 5) is 32.4. The van der Waals surface area contributed by atoms with E-state index < -0.39 is 33.4 Å². The summed E-state index contributed by atoms with van der Waals surface area (Å²) < 4.78 is 27.6. The summed E-state index contributed by atoms with van der Waals surface area (Å²) in [5.74, 6) is -1.66. The summed E-state index contributed by atoms with van der Waals surface area (Å²) >= 11 is 6.03. The zero-order valence-corrected chi connectivity index (χ0v) is 16.5. The number of amides is 1. The quantitative estimate of drug-likeness (QED) is 0.420. The first-order valence-electron chi connectivity index (χ1n) is 8.05. The molecule has 1 atom stereocenters. The molecule has 10 nitrogen and oxygen atoms in total. The number of carboxylic acid groups (broad SMARTS) is 1. The topological polar surface area (TPSA) is 156 Å². The number of sulfonamides is 1. The largest absolute Gasteiger partial charge is 0.481 e. The molecule has 3 N–H and O–H groups in total. The lowest BCUT2D eigenvalue weighted by Gasteiger charge is -2.19. The number of carbonyl (C=O) groups excluding carboxylic acids is 1. The highest BCUT2D eigenvalue weighted by atomic mass is 35.5. The molecule has 0 heterocycles. The predicted molar refractivity (Wildman–Crippen MR) is 104 cm³/mol. The van der Waals surface area contributed by atoms with Crippen molar-refractivity contribution in [2.24, 2.45) is 0 Å². The van der Waals surface area contributed by atoms with E-state index >= 15 is 0 Å². The number of anilines is 1. The smallest absolute Gasteiger partial charge is 0.305 e. The van der Waals surface area contributed by atoms with Gasteiger partial charge in [0.25, 0.3) is 5.69 Å². The molecule has 0 aliphatic rings. The van der Waals surface area contributed by atoms with Crippen LogP contribution in [0.4, 0.5) is 11.4 Å². The third-order valence-electron chi connectivity index (χ3n) is 3.73. The fraction of sp³-hybridized carbons (Fsp3) is 0.176. The molecular weight excluding hydrogens is 426 g/mol. The van der Waals surface area contributed by atoms with Crippen LogP contribution in [0.3, 0.4) is 0 Å². The molecule has 2 aromatic rings. The monoisotopic (exact) mass is 441 g/mol. The van der Waals surface area contributed by atoms with Crippen LogP contribution in [-0.4, -0.2) is 30.3 Å². The van der Waals surface area contributed by atoms with Gasteiger partial charge in [-0.2, -0.15) is 0 Å². The van der Waals surface area contributed by atoms with E-state index in [1.807, 2.05) is 0 Å². The Balaban J connectivity index is 2.39. The van der Waals surface area contributed by atoms with E-state index in [0.29, 0.717) is 5.69 Å². The third-order valence-corrected chi connectivity index (χ3v) is 5.56. The van der Waals surface area contributed by atoms with Gasteiger partial charge in [0, 0.05) is 29.8 Å². The predicted octanol–water partition coefficient (Wildman–Crippen LogP) is 2.70. The number of nitrogens with zero attached hydrogens (tertiary/aromatic N) is 1. The lowest BCUT2D eigenvalue weighted by Crippen LogP contribution is -2.30. The van der Waals surface area contributed by atoms with E-state index in [0.717, 1.165) is 12.1 Å². The van der Waals surface area contributed by atoms with Gasteiger partial charge in [-0.15, -0.1) is 0 Å². The van der Waals surface area contributed by atoms with Gasteiger partial charge < -0.3 is 10.4 Å². The number of hydrogen-bond acceptors (Lipinski definition) is 6. The van der Waals surface area contributed by atoms with E-state index in [9.17, 15) is 28.1 Å². The molecule has 0 saturated carbocycles. The molecule has 154 valence electrons. The highest BCUT2D eigenvalue weighted by molar-refractivity contribution is 7.89. The van der Waals surface area contributed by atoms with Gasteiger partial charge in [-0.25, -0.2) is 13.1 Å². The van der Waals surface area contributed by atoms with E-state index in [4.69, 9.17) is 16.7 Å². The molecule has 0 fully saturated rings. The number of rotatable bonds is 8. The maximum absolute atomic E-state index is 12.7. The Kier molecular flexibility index (Phi) is 6.90. The van der Waals surface area contributed by atoms with Crippen molar-refractivity contribution in [2.75, 3.05) is 5.32 Å². The first-order chi connectivity index (χ1) is 13.5. The molecule has 0 aliphatic heterocycles. The Morgan fingerprint density at radius 3 is 2.34 bits per heavy atom. The van der Waals surface area contributed by atoms with Crippen molar-refractivity contribution < 1.29 is 28.0 Å². The lowest BCUT2D eigenvalue weighted by molar-refractivity contribution is -0.384. The number of carboxylic acids is 1. The van der Waals surface area contributed by atoms with Crippen molar-refractivity contribution in [1.82, 2.24) is 4.72 Å². The fourth-order valence-electron chi connectivity index (χ4n) is 2.48. The SMILES string of the molecule is CC(=O)Nc1ccc(S(=O)(=O)NC(CC(=O)O)c2cc([N+](=O)[O-])ccc2Cl)cc1. The number of nitro groups is 1. The van der Waals surface area contributed by atoms with Gasteiger partial charge in [-0.1, -0.05) is 11.6 Å². The van der Waals surface area contributed by atoms with Crippen LogP contribution in [0.5, 0.6) is 0 Å². The maximum atomic E-state index is 12.7. The minimum absolute atomic E-state index is 0.0226. The second kappa shape index (κ2) is 8.99. The maximum Gasteiger partial charge on any atom is 0.305 e. The van der Waals surface area contributed by atoms with Crippen LogP contribution in [0.15, 0.2) is 47.4 Å². The van der Waals surface area contributed by atoms with Crippen molar-refractivity contribution >= 4 is 44.9 Å². The summed E-state index contributed by atoms with van der Waals surface area (Å²) in [5, 5.41) is 22.6. The van der Waals surface area contributed by atoms with Gasteiger partial charge in [0.15, 0.2) is 0 Å². The zero-order valence-electron chi connectivity index (χ0n) is 15.0. The summed E-state index contributed by atoms with van der Waals surface area (Å²) in [6.07, 6.45) is -0.690. The summed E-state index contributed by atoms with van der Waals surface area (Å²) in [7, 11) is -4.20. The Morgan fingerprint density at radius 2 is 1.83 bits per heavy atom. The Bertz CT molecular complexity index is 1060. The van der Waals surface area contributed by atoms with E-state index in [-0.39, 0.29) is 27.1 Å². The number of hydrogen-bond donors (Lipinski definition) is 3. The number of nitrogens with one attached hydrogen (secondary N) is 2. The summed E-state index contributed by atoms with van der Waals surface area (Å²) in [6, 6.07) is 7.17. The number of nitro benzene ring substituents is 1. The first kappa shape index (κ1) is 22.3. The molecule has 0 aliphatic carbocycles. The van der Waals surface area contributed by atoms with E-state index in [1.54, 1.807) is 0 Å². The van der Waals surface area contributed by atoms with Crippen molar-refractivity contribution in [1.29, 1.82) is 0 Å². The van der Waals surface area contributed by atoms with Crippen LogP contribution in [0, 0.1) is 10.1 Å². The van der Waals surface area contributed by atoms with E-state index in [1.165, 1.54) is 37.3 Å². The number of carbonyl (C=O) groups is 2. The van der Waals surface area contributed by atoms with Crippen LogP contribution >= 0.6 is 11.6 Å². The van der Waals surface area contributed by atoms with Crippen LogP contribution in [0.2, 0.25) is 5.02 Å². The molecule has 0 spiro atoms. The molecule has 0 radical (unpaired) electrons. The molecule has 12 heteroatoms. The average molecular weight is 442 g/mol. The molecule has 0 aromatic heterocycles. The van der Waals surface area contributed by atoms with Crippen LogP contribution in [0.25, 0.3) is 0 Å². The molecule has 1 amide bonds. The minimum atomic E-state index is -4.20. The van der Waals surface area contributed by atoms with Crippen molar-refractivity contribution in [3.05, 3.63) is 63.2 Å². The van der Waals surface area contributed by atoms with Gasteiger partial charge in [0.05, 0.1) is 22.3 Å². The van der Waals surface area contributed by atoms with E-state index in [2.05, 4.69) is 10.0 Å². The molecule has 0 bridgehead atoms. The number of aliphatic carboxylic acids is 1. The lowest BCUT2D eigenvalue weighted by atomic mass is 10.0. The minimum Gasteiger partial charge on any atom is -0.481 e. The molecule has 29 heavy (non-hydrogen) atoms. The first-order valence-corrected chi connectivity index (χ1v) is 9.91. The van der Waals surface area contributed by atoms with Crippen molar-refractivity contribution in [2.45, 2.75) is 24.3 Å². The standard InChI is InChI=1S/C17H16ClN3O7S/c1-10(22)19-11-2-5-13(6-3-11)29(27,28)20-16(9-17(23)24)14-8-12(21(25)26)4-7-15(14)18/h2-8,16,20H,9H2,1H3,(H,19,22)(H,23,24). The molecule has 0 saturated heterocycles. The second-order valence-electron chi connectivity index (χ2n) is 5.94. The normalized spacial score (nSPS) is 12.2. The number of non-ortho nitro benzene ring substituents is 1. The second-order valence-corrected chi connectivity index (χ2v) is 8.06. The molecule has 2 aromatic carbocycles. The molecule has 2 rings (SSSR count). The Morgan fingerprint density at radius 1 is 1.21 bits per heavy atom. The highest BCUT2D eigenvalue weighted by Crippen LogP contribution is 2.30. The van der Waals surface area contributed by atoms with Gasteiger partial charge in [-0.05, 0) is 35.9 Å². The third kappa shape index (κ3) is 5.98. The zero-order chi connectivity index (χ0) is 21.8. The summed E-state index contributed by atoms with van der Waals surface area (Å²) in [6.45, 7) is 1.30. The average Bonchev–Trinajstić information content (AvgIpc) is 2.60. The van der Waals surface area contributed by atoms with Crippen molar-refractivity contribution in [3.8, 4) is 0 Å². The highest BCUT2D eigenvalue weighted by Gasteiger charge is 2.27. The molecular formula is C17H16ClN3O7S. The number of halogens is 1. The van der Waals surface area contributed by atoms with Crippen LogP contribution in [0.1, 0.15) is 24.9 Å². The summed E-state index contributed by atoms with van der Waals surface area (Å²) in [5.41, 5.74) is -0.0272. The molecule has 1 unspecified atom stereocenters. The van der Waals surface area contributed by atoms with Gasteiger partial charge >= 0.3 is 5.97 Å².